The molecule has 0 aromatic heterocycles. The highest BCUT2D eigenvalue weighted by Gasteiger charge is 2.24. The van der Waals surface area contributed by atoms with Crippen LogP contribution in [0.4, 0.5) is 0 Å². The SMILES string of the molecule is CSCC[C@@H](NC=O)C(=O)N[C@H](CCCCN)C(=O)O. The van der Waals surface area contributed by atoms with Gasteiger partial charge in [-0.2, -0.15) is 11.8 Å². The number of carboxylic acid groups (broad SMARTS) is 1. The Morgan fingerprint density at radius 2 is 2.00 bits per heavy atom. The molecule has 7 nitrogen and oxygen atoms in total. The summed E-state index contributed by atoms with van der Waals surface area (Å²) in [5.41, 5.74) is 5.35. The summed E-state index contributed by atoms with van der Waals surface area (Å²) in [7, 11) is 0. The van der Waals surface area contributed by atoms with Gasteiger partial charge in [-0.25, -0.2) is 4.79 Å². The first-order valence-corrected chi connectivity index (χ1v) is 7.88. The van der Waals surface area contributed by atoms with Gasteiger partial charge in [-0.05, 0) is 44.2 Å². The number of carbonyl (C=O) groups excluding carboxylic acids is 2. The second-order valence-electron chi connectivity index (χ2n) is 4.30. The summed E-state index contributed by atoms with van der Waals surface area (Å²) in [5.74, 6) is -0.847. The number of aliphatic carboxylic acids is 1. The molecule has 0 radical (unpaired) electrons. The largest absolute Gasteiger partial charge is 0.480 e. The maximum absolute atomic E-state index is 12.0. The van der Waals surface area contributed by atoms with Crippen LogP contribution in [0.15, 0.2) is 0 Å². The average molecular weight is 305 g/mol. The molecule has 0 heterocycles. The van der Waals surface area contributed by atoms with Gasteiger partial charge in [0.25, 0.3) is 0 Å². The van der Waals surface area contributed by atoms with Crippen LogP contribution in [-0.4, -0.2) is 54.0 Å². The zero-order chi connectivity index (χ0) is 15.4. The minimum absolute atomic E-state index is 0.328. The van der Waals surface area contributed by atoms with Gasteiger partial charge in [-0.15, -0.1) is 0 Å². The maximum atomic E-state index is 12.0. The molecule has 2 atom stereocenters. The van der Waals surface area contributed by atoms with Gasteiger partial charge in [0.05, 0.1) is 0 Å². The number of unbranched alkanes of at least 4 members (excludes halogenated alkanes) is 1. The summed E-state index contributed by atoms with van der Waals surface area (Å²) < 4.78 is 0. The number of nitrogens with two attached hydrogens (primary N) is 1. The van der Waals surface area contributed by atoms with Gasteiger partial charge in [0.1, 0.15) is 12.1 Å². The number of thioether (sulfide) groups is 1. The first kappa shape index (κ1) is 18.7. The van der Waals surface area contributed by atoms with Gasteiger partial charge in [0.2, 0.25) is 12.3 Å². The fourth-order valence-electron chi connectivity index (χ4n) is 1.63. The van der Waals surface area contributed by atoms with Crippen molar-refractivity contribution in [1.82, 2.24) is 10.6 Å². The lowest BCUT2D eigenvalue weighted by molar-refractivity contribution is -0.142. The van der Waals surface area contributed by atoms with Gasteiger partial charge in [0, 0.05) is 0 Å². The molecule has 0 fully saturated rings. The Labute approximate surface area is 123 Å². The lowest BCUT2D eigenvalue weighted by Gasteiger charge is -2.19. The number of carboxylic acids is 1. The molecular weight excluding hydrogens is 282 g/mol. The molecule has 5 N–H and O–H groups in total. The molecule has 0 aromatic rings. The summed E-state index contributed by atoms with van der Waals surface area (Å²) in [5, 5.41) is 13.9. The molecule has 0 saturated carbocycles. The third-order valence-corrected chi connectivity index (χ3v) is 3.40. The van der Waals surface area contributed by atoms with Crippen molar-refractivity contribution in [3.05, 3.63) is 0 Å². The number of nitrogens with one attached hydrogen (secondary N) is 2. The van der Waals surface area contributed by atoms with Crippen LogP contribution >= 0.6 is 11.8 Å². The van der Waals surface area contributed by atoms with Crippen molar-refractivity contribution >= 4 is 30.0 Å². The predicted molar refractivity (Wildman–Crippen MR) is 78.5 cm³/mol. The monoisotopic (exact) mass is 305 g/mol. The molecule has 116 valence electrons. The van der Waals surface area contributed by atoms with Crippen LogP contribution in [0.25, 0.3) is 0 Å². The van der Waals surface area contributed by atoms with E-state index >= 15 is 0 Å². The first-order valence-electron chi connectivity index (χ1n) is 6.48. The van der Waals surface area contributed by atoms with Crippen molar-refractivity contribution in [3.63, 3.8) is 0 Å². The van der Waals surface area contributed by atoms with Crippen molar-refractivity contribution in [2.45, 2.75) is 37.8 Å². The van der Waals surface area contributed by atoms with E-state index in [0.717, 1.165) is 0 Å². The van der Waals surface area contributed by atoms with Crippen LogP contribution in [0.2, 0.25) is 0 Å². The minimum Gasteiger partial charge on any atom is -0.480 e. The van der Waals surface area contributed by atoms with Crippen LogP contribution in [0.5, 0.6) is 0 Å². The van der Waals surface area contributed by atoms with E-state index < -0.39 is 24.0 Å². The highest BCUT2D eigenvalue weighted by atomic mass is 32.2. The number of carbonyl (C=O) groups is 3. The van der Waals surface area contributed by atoms with E-state index in [4.69, 9.17) is 10.8 Å². The van der Waals surface area contributed by atoms with Crippen LogP contribution < -0.4 is 16.4 Å². The Balaban J connectivity index is 4.44. The Kier molecular flexibility index (Phi) is 10.8. The average Bonchev–Trinajstić information content (AvgIpc) is 2.42. The van der Waals surface area contributed by atoms with Crippen molar-refractivity contribution in [2.75, 3.05) is 18.6 Å². The molecule has 0 spiro atoms. The van der Waals surface area contributed by atoms with E-state index in [1.807, 2.05) is 6.26 Å². The zero-order valence-corrected chi connectivity index (χ0v) is 12.4. The van der Waals surface area contributed by atoms with E-state index in [9.17, 15) is 14.4 Å². The molecule has 0 saturated heterocycles. The van der Waals surface area contributed by atoms with E-state index in [1.54, 1.807) is 11.8 Å². The molecule has 0 aliphatic carbocycles. The topological polar surface area (TPSA) is 122 Å². The van der Waals surface area contributed by atoms with E-state index in [0.29, 0.717) is 44.4 Å². The second kappa shape index (κ2) is 11.5. The fraction of sp³-hybridized carbons (Fsp3) is 0.750. The molecule has 0 aromatic carbocycles. The number of amides is 2. The number of hydrogen-bond acceptors (Lipinski definition) is 5. The molecule has 0 aliphatic rings. The van der Waals surface area contributed by atoms with Crippen LogP contribution in [-0.2, 0) is 14.4 Å². The van der Waals surface area contributed by atoms with E-state index in [-0.39, 0.29) is 0 Å². The van der Waals surface area contributed by atoms with Crippen molar-refractivity contribution < 1.29 is 19.5 Å². The highest BCUT2D eigenvalue weighted by Crippen LogP contribution is 2.04. The van der Waals surface area contributed by atoms with Gasteiger partial charge < -0.3 is 21.5 Å². The molecule has 8 heteroatoms. The predicted octanol–water partition coefficient (Wildman–Crippen LogP) is -0.447. The van der Waals surface area contributed by atoms with Gasteiger partial charge in [-0.3, -0.25) is 9.59 Å². The molecule has 0 unspecified atom stereocenters. The van der Waals surface area contributed by atoms with E-state index in [1.165, 1.54) is 0 Å². The fourth-order valence-corrected chi connectivity index (χ4v) is 2.10. The standard InChI is InChI=1S/C12H23N3O4S/c1-20-7-5-9(14-8-16)11(17)15-10(12(18)19)4-2-3-6-13/h8-10H,2-7,13H2,1H3,(H,14,16)(H,15,17)(H,18,19)/t9-,10-/m1/s1. The molecule has 2 amide bonds. The van der Waals surface area contributed by atoms with Crippen molar-refractivity contribution in [3.8, 4) is 0 Å². The van der Waals surface area contributed by atoms with Gasteiger partial charge in [0.15, 0.2) is 0 Å². The summed E-state index contributed by atoms with van der Waals surface area (Å²) >= 11 is 1.55. The molecule has 0 rings (SSSR count). The van der Waals surface area contributed by atoms with Crippen LogP contribution in [0.1, 0.15) is 25.7 Å². The zero-order valence-electron chi connectivity index (χ0n) is 11.6. The lowest BCUT2D eigenvalue weighted by Crippen LogP contribution is -2.50. The van der Waals surface area contributed by atoms with Crippen LogP contribution in [0.3, 0.4) is 0 Å². The Hall–Kier alpha value is -1.28. The quantitative estimate of drug-likeness (QED) is 0.286. The summed E-state index contributed by atoms with van der Waals surface area (Å²) in [4.78, 5) is 33.5. The molecular formula is C12H23N3O4S. The first-order chi connectivity index (χ1) is 9.56. The smallest absolute Gasteiger partial charge is 0.326 e. The van der Waals surface area contributed by atoms with Crippen LogP contribution in [0, 0.1) is 0 Å². The number of hydrogen-bond donors (Lipinski definition) is 4. The number of rotatable bonds is 12. The van der Waals surface area contributed by atoms with Crippen molar-refractivity contribution in [1.29, 1.82) is 0 Å². The summed E-state index contributed by atoms with van der Waals surface area (Å²) in [6.45, 7) is 0.489. The summed E-state index contributed by atoms with van der Waals surface area (Å²) in [6, 6.07) is -1.64. The van der Waals surface area contributed by atoms with Gasteiger partial charge in [-0.1, -0.05) is 0 Å². The molecule has 0 bridgehead atoms. The normalized spacial score (nSPS) is 13.3. The third kappa shape index (κ3) is 8.00. The Bertz CT molecular complexity index is 315. The summed E-state index contributed by atoms with van der Waals surface area (Å²) in [6.07, 6.45) is 4.47. The minimum atomic E-state index is -1.08. The second-order valence-corrected chi connectivity index (χ2v) is 5.29. The maximum Gasteiger partial charge on any atom is 0.326 e. The molecule has 20 heavy (non-hydrogen) atoms. The Morgan fingerprint density at radius 1 is 1.30 bits per heavy atom. The Morgan fingerprint density at radius 3 is 2.50 bits per heavy atom. The van der Waals surface area contributed by atoms with E-state index in [2.05, 4.69) is 10.6 Å². The molecule has 0 aliphatic heterocycles. The lowest BCUT2D eigenvalue weighted by atomic mass is 10.1. The van der Waals surface area contributed by atoms with Gasteiger partial charge >= 0.3 is 5.97 Å². The third-order valence-electron chi connectivity index (χ3n) is 2.76. The highest BCUT2D eigenvalue weighted by molar-refractivity contribution is 7.98. The van der Waals surface area contributed by atoms with Crippen molar-refractivity contribution in [2.24, 2.45) is 5.73 Å².